The van der Waals surface area contributed by atoms with Gasteiger partial charge in [-0.15, -0.1) is 0 Å². The van der Waals surface area contributed by atoms with Gasteiger partial charge in [0.1, 0.15) is 5.60 Å². The van der Waals surface area contributed by atoms with Crippen molar-refractivity contribution in [2.24, 2.45) is 0 Å². The average Bonchev–Trinajstić information content (AvgIpc) is 2.75. The van der Waals surface area contributed by atoms with Crippen molar-refractivity contribution < 1.29 is 19.4 Å². The van der Waals surface area contributed by atoms with Crippen LogP contribution in [0.25, 0.3) is 0 Å². The second-order valence-electron chi connectivity index (χ2n) is 6.98. The molecule has 1 saturated heterocycles. The van der Waals surface area contributed by atoms with E-state index in [2.05, 4.69) is 5.32 Å². The Bertz CT molecular complexity index is 405. The molecule has 2 N–H and O–H groups in total. The first kappa shape index (κ1) is 16.1. The van der Waals surface area contributed by atoms with Gasteiger partial charge >= 0.3 is 6.09 Å². The number of nitrogens with zero attached hydrogens (tertiary/aromatic N) is 1. The predicted octanol–water partition coefficient (Wildman–Crippen LogP) is 1.42. The molecule has 2 aliphatic rings. The van der Waals surface area contributed by atoms with Crippen LogP contribution in [0.5, 0.6) is 0 Å². The fourth-order valence-electron chi connectivity index (χ4n) is 3.12. The summed E-state index contributed by atoms with van der Waals surface area (Å²) >= 11 is 0. The van der Waals surface area contributed by atoms with Crippen LogP contribution in [-0.2, 0) is 9.53 Å². The van der Waals surface area contributed by atoms with Gasteiger partial charge in [-0.25, -0.2) is 4.79 Å². The number of aliphatic hydroxyl groups is 1. The van der Waals surface area contributed by atoms with E-state index in [0.717, 1.165) is 6.42 Å². The average molecular weight is 298 g/mol. The highest BCUT2D eigenvalue weighted by Gasteiger charge is 2.39. The van der Waals surface area contributed by atoms with E-state index in [1.165, 1.54) is 0 Å². The molecule has 1 aliphatic heterocycles. The Morgan fingerprint density at radius 2 is 2.10 bits per heavy atom. The van der Waals surface area contributed by atoms with E-state index in [9.17, 15) is 14.7 Å². The summed E-state index contributed by atoms with van der Waals surface area (Å²) in [5.74, 6) is 0.116. The molecule has 120 valence electrons. The highest BCUT2D eigenvalue weighted by atomic mass is 16.6. The zero-order valence-corrected chi connectivity index (χ0v) is 13.1. The fraction of sp³-hybridized carbons (Fsp3) is 0.867. The summed E-state index contributed by atoms with van der Waals surface area (Å²) in [4.78, 5) is 25.7. The molecule has 2 fully saturated rings. The number of nitrogens with one attached hydrogen (secondary N) is 1. The van der Waals surface area contributed by atoms with E-state index in [-0.39, 0.29) is 18.0 Å². The zero-order chi connectivity index (χ0) is 15.6. The molecule has 1 aliphatic carbocycles. The molecule has 1 saturated carbocycles. The van der Waals surface area contributed by atoms with Crippen LogP contribution >= 0.6 is 0 Å². The zero-order valence-electron chi connectivity index (χ0n) is 13.1. The van der Waals surface area contributed by atoms with E-state index in [0.29, 0.717) is 32.2 Å². The van der Waals surface area contributed by atoms with Crippen molar-refractivity contribution >= 4 is 12.0 Å². The van der Waals surface area contributed by atoms with Gasteiger partial charge in [-0.05, 0) is 46.5 Å². The monoisotopic (exact) mass is 298 g/mol. The minimum absolute atomic E-state index is 0.116. The SMILES string of the molecule is CC(C)(C)OC(=O)NC1CCC(O)CC1N1CCCC1=O. The molecule has 0 aromatic heterocycles. The van der Waals surface area contributed by atoms with Crippen LogP contribution in [0, 0.1) is 0 Å². The van der Waals surface area contributed by atoms with E-state index < -0.39 is 17.8 Å². The molecule has 6 heteroatoms. The first-order chi connectivity index (χ1) is 9.76. The Labute approximate surface area is 125 Å². The lowest BCUT2D eigenvalue weighted by Crippen LogP contribution is -2.56. The summed E-state index contributed by atoms with van der Waals surface area (Å²) in [6, 6.07) is -0.276. The molecular weight excluding hydrogens is 272 g/mol. The number of amides is 2. The number of alkyl carbamates (subject to hydrolysis) is 1. The van der Waals surface area contributed by atoms with Gasteiger partial charge in [0.05, 0.1) is 18.2 Å². The van der Waals surface area contributed by atoms with Crippen molar-refractivity contribution in [3.8, 4) is 0 Å². The van der Waals surface area contributed by atoms with Crippen LogP contribution in [0.4, 0.5) is 4.79 Å². The molecule has 0 aromatic rings. The molecule has 3 unspecified atom stereocenters. The Hall–Kier alpha value is -1.30. The lowest BCUT2D eigenvalue weighted by atomic mass is 9.87. The Kier molecular flexibility index (Phi) is 4.76. The smallest absolute Gasteiger partial charge is 0.407 e. The number of ether oxygens (including phenoxy) is 1. The van der Waals surface area contributed by atoms with Crippen LogP contribution in [0.2, 0.25) is 0 Å². The van der Waals surface area contributed by atoms with Gasteiger partial charge in [-0.3, -0.25) is 4.79 Å². The number of hydrogen-bond acceptors (Lipinski definition) is 4. The molecule has 6 nitrogen and oxygen atoms in total. The second kappa shape index (κ2) is 6.22. The van der Waals surface area contributed by atoms with Gasteiger partial charge in [-0.2, -0.15) is 0 Å². The molecule has 3 atom stereocenters. The standard InChI is InChI=1S/C15H26N2O4/c1-15(2,3)21-14(20)16-11-7-6-10(18)9-12(11)17-8-4-5-13(17)19/h10-12,18H,4-9H2,1-3H3,(H,16,20). The van der Waals surface area contributed by atoms with Crippen molar-refractivity contribution in [3.05, 3.63) is 0 Å². The molecule has 0 bridgehead atoms. The van der Waals surface area contributed by atoms with Crippen LogP contribution < -0.4 is 5.32 Å². The van der Waals surface area contributed by atoms with Crippen LogP contribution in [0.3, 0.4) is 0 Å². The quantitative estimate of drug-likeness (QED) is 0.808. The van der Waals surface area contributed by atoms with Gasteiger partial charge in [0.15, 0.2) is 0 Å². The summed E-state index contributed by atoms with van der Waals surface area (Å²) in [6.07, 6.45) is 2.37. The molecule has 0 radical (unpaired) electrons. The van der Waals surface area contributed by atoms with E-state index in [4.69, 9.17) is 4.74 Å². The Balaban J connectivity index is 2.01. The topological polar surface area (TPSA) is 78.9 Å². The Morgan fingerprint density at radius 3 is 2.67 bits per heavy atom. The summed E-state index contributed by atoms with van der Waals surface area (Å²) in [7, 11) is 0. The summed E-state index contributed by atoms with van der Waals surface area (Å²) < 4.78 is 5.29. The molecule has 0 spiro atoms. The number of carbonyl (C=O) groups is 2. The van der Waals surface area contributed by atoms with Crippen molar-refractivity contribution in [2.75, 3.05) is 6.54 Å². The summed E-state index contributed by atoms with van der Waals surface area (Å²) in [5.41, 5.74) is -0.544. The van der Waals surface area contributed by atoms with Crippen molar-refractivity contribution in [1.82, 2.24) is 10.2 Å². The van der Waals surface area contributed by atoms with E-state index >= 15 is 0 Å². The van der Waals surface area contributed by atoms with Gasteiger partial charge in [0, 0.05) is 13.0 Å². The fourth-order valence-corrected chi connectivity index (χ4v) is 3.12. The molecule has 2 amide bonds. The maximum atomic E-state index is 12.0. The number of carbonyl (C=O) groups excluding carboxylic acids is 2. The van der Waals surface area contributed by atoms with Gasteiger partial charge in [0.25, 0.3) is 0 Å². The second-order valence-corrected chi connectivity index (χ2v) is 6.98. The predicted molar refractivity (Wildman–Crippen MR) is 77.8 cm³/mol. The molecule has 21 heavy (non-hydrogen) atoms. The largest absolute Gasteiger partial charge is 0.444 e. The number of rotatable bonds is 2. The van der Waals surface area contributed by atoms with Crippen molar-refractivity contribution in [3.63, 3.8) is 0 Å². The maximum Gasteiger partial charge on any atom is 0.407 e. The molecule has 1 heterocycles. The lowest BCUT2D eigenvalue weighted by Gasteiger charge is -2.40. The van der Waals surface area contributed by atoms with Crippen LogP contribution in [0.15, 0.2) is 0 Å². The number of hydrogen-bond donors (Lipinski definition) is 2. The summed E-state index contributed by atoms with van der Waals surface area (Å²) in [6.45, 7) is 6.17. The minimum Gasteiger partial charge on any atom is -0.444 e. The third kappa shape index (κ3) is 4.33. The minimum atomic E-state index is -0.544. The normalized spacial score (nSPS) is 30.4. The van der Waals surface area contributed by atoms with Gasteiger partial charge in [0.2, 0.25) is 5.91 Å². The molecule has 2 rings (SSSR count). The van der Waals surface area contributed by atoms with Crippen molar-refractivity contribution in [1.29, 1.82) is 0 Å². The first-order valence-electron chi connectivity index (χ1n) is 7.73. The maximum absolute atomic E-state index is 12.0. The van der Waals surface area contributed by atoms with Gasteiger partial charge < -0.3 is 20.1 Å². The first-order valence-corrected chi connectivity index (χ1v) is 7.73. The molecule has 0 aromatic carbocycles. The lowest BCUT2D eigenvalue weighted by molar-refractivity contribution is -0.131. The summed E-state index contributed by atoms with van der Waals surface area (Å²) in [5, 5.41) is 12.8. The molecular formula is C15H26N2O4. The van der Waals surface area contributed by atoms with E-state index in [1.54, 1.807) is 0 Å². The van der Waals surface area contributed by atoms with E-state index in [1.807, 2.05) is 25.7 Å². The van der Waals surface area contributed by atoms with Crippen LogP contribution in [-0.4, -0.2) is 52.3 Å². The number of likely N-dealkylation sites (tertiary alicyclic amines) is 1. The third-order valence-electron chi connectivity index (χ3n) is 4.00. The third-order valence-corrected chi connectivity index (χ3v) is 4.00. The Morgan fingerprint density at radius 1 is 1.38 bits per heavy atom. The highest BCUT2D eigenvalue weighted by molar-refractivity contribution is 5.78. The van der Waals surface area contributed by atoms with Crippen molar-refractivity contribution in [2.45, 2.75) is 76.7 Å². The van der Waals surface area contributed by atoms with Crippen LogP contribution in [0.1, 0.15) is 52.9 Å². The highest BCUT2D eigenvalue weighted by Crippen LogP contribution is 2.27. The van der Waals surface area contributed by atoms with Gasteiger partial charge in [-0.1, -0.05) is 0 Å². The number of aliphatic hydroxyl groups excluding tert-OH is 1.